The highest BCUT2D eigenvalue weighted by Gasteiger charge is 2.57. The van der Waals surface area contributed by atoms with E-state index in [9.17, 15) is 5.21 Å². The smallest absolute Gasteiger partial charge is 0.0574 e. The van der Waals surface area contributed by atoms with Crippen LogP contribution in [0, 0.1) is 52.3 Å². The van der Waals surface area contributed by atoms with Crippen LogP contribution < -0.4 is 0 Å². The van der Waals surface area contributed by atoms with E-state index in [0.29, 0.717) is 28.6 Å². The van der Waals surface area contributed by atoms with Crippen molar-refractivity contribution in [2.45, 2.75) is 92.9 Å². The second-order valence-corrected chi connectivity index (χ2v) is 12.2. The van der Waals surface area contributed by atoms with Gasteiger partial charge in [-0.05, 0) is 104 Å². The molecule has 3 saturated carbocycles. The SMILES string of the molecule is CC(C)[C@@H](C)C=C[C@@H](C)[C@H]1CC[C@H]2C3=CCC4CC(=NO)CC[C@]4(C)[C@H]3CC[C@]12C. The molecule has 30 heavy (non-hydrogen) atoms. The second kappa shape index (κ2) is 8.14. The van der Waals surface area contributed by atoms with Gasteiger partial charge in [0.2, 0.25) is 0 Å². The van der Waals surface area contributed by atoms with E-state index in [1.165, 1.54) is 38.5 Å². The first-order chi connectivity index (χ1) is 14.2. The van der Waals surface area contributed by atoms with Gasteiger partial charge in [-0.3, -0.25) is 0 Å². The Labute approximate surface area is 185 Å². The summed E-state index contributed by atoms with van der Waals surface area (Å²) in [5, 5.41) is 12.9. The molecule has 0 radical (unpaired) electrons. The molecule has 0 spiro atoms. The van der Waals surface area contributed by atoms with Crippen molar-refractivity contribution in [1.82, 2.24) is 0 Å². The van der Waals surface area contributed by atoms with E-state index in [0.717, 1.165) is 42.2 Å². The first-order valence-electron chi connectivity index (χ1n) is 12.8. The standard InChI is InChI=1S/C28H45NO/c1-18(2)19(3)7-8-20(4)24-11-12-25-23-10-9-21-17-22(29-30)13-15-27(21,5)26(23)14-16-28(24,25)6/h7-8,10,18-21,24-26,30H,9,11-17H2,1-6H3/t19-,20+,21?,24+,25-,26-,27-,28+/m0/s1. The molecular weight excluding hydrogens is 366 g/mol. The fraction of sp³-hybridized carbons (Fsp3) is 0.821. The molecule has 3 fully saturated rings. The zero-order valence-corrected chi connectivity index (χ0v) is 20.3. The average molecular weight is 412 g/mol. The molecule has 0 heterocycles. The van der Waals surface area contributed by atoms with Crippen LogP contribution in [0.4, 0.5) is 0 Å². The maximum atomic E-state index is 9.31. The summed E-state index contributed by atoms with van der Waals surface area (Å²) in [4.78, 5) is 0. The Morgan fingerprint density at radius 2 is 1.73 bits per heavy atom. The zero-order valence-electron chi connectivity index (χ0n) is 20.3. The van der Waals surface area contributed by atoms with Gasteiger partial charge in [0.25, 0.3) is 0 Å². The third-order valence-electron chi connectivity index (χ3n) is 10.5. The molecule has 0 aromatic heterocycles. The number of oxime groups is 1. The van der Waals surface area contributed by atoms with Gasteiger partial charge in [-0.15, -0.1) is 0 Å². The van der Waals surface area contributed by atoms with Crippen LogP contribution >= 0.6 is 0 Å². The van der Waals surface area contributed by atoms with Crippen molar-refractivity contribution in [2.75, 3.05) is 0 Å². The molecule has 4 aliphatic rings. The van der Waals surface area contributed by atoms with E-state index in [1.807, 2.05) is 5.57 Å². The van der Waals surface area contributed by atoms with Crippen molar-refractivity contribution < 1.29 is 5.21 Å². The third kappa shape index (κ3) is 3.51. The summed E-state index contributed by atoms with van der Waals surface area (Å²) in [5.41, 5.74) is 3.76. The molecule has 168 valence electrons. The number of fused-ring (bicyclic) bond motifs is 5. The van der Waals surface area contributed by atoms with Crippen molar-refractivity contribution in [3.63, 3.8) is 0 Å². The van der Waals surface area contributed by atoms with E-state index < -0.39 is 0 Å². The Hall–Kier alpha value is -1.05. The number of allylic oxidation sites excluding steroid dienone is 4. The largest absolute Gasteiger partial charge is 0.411 e. The molecule has 0 saturated heterocycles. The Morgan fingerprint density at radius 1 is 1.00 bits per heavy atom. The summed E-state index contributed by atoms with van der Waals surface area (Å²) in [6, 6.07) is 0. The molecule has 8 atom stereocenters. The van der Waals surface area contributed by atoms with E-state index in [4.69, 9.17) is 0 Å². The summed E-state index contributed by atoms with van der Waals surface area (Å²) in [6.07, 6.45) is 17.7. The Balaban J connectivity index is 1.54. The van der Waals surface area contributed by atoms with E-state index in [1.54, 1.807) is 0 Å². The zero-order chi connectivity index (χ0) is 21.7. The van der Waals surface area contributed by atoms with Crippen LogP contribution in [0.25, 0.3) is 0 Å². The van der Waals surface area contributed by atoms with Crippen molar-refractivity contribution in [3.05, 3.63) is 23.8 Å². The summed E-state index contributed by atoms with van der Waals surface area (Å²) in [7, 11) is 0. The number of hydrogen-bond acceptors (Lipinski definition) is 2. The van der Waals surface area contributed by atoms with Crippen molar-refractivity contribution in [3.8, 4) is 0 Å². The number of hydrogen-bond donors (Lipinski definition) is 1. The lowest BCUT2D eigenvalue weighted by Crippen LogP contribution is -2.49. The van der Waals surface area contributed by atoms with Gasteiger partial charge in [0, 0.05) is 0 Å². The molecule has 4 rings (SSSR count). The molecular formula is C28H45NO. The lowest BCUT2D eigenvalue weighted by atomic mass is 9.47. The lowest BCUT2D eigenvalue weighted by Gasteiger charge is -2.57. The monoisotopic (exact) mass is 411 g/mol. The molecule has 2 nitrogen and oxygen atoms in total. The van der Waals surface area contributed by atoms with E-state index >= 15 is 0 Å². The molecule has 0 amide bonds. The maximum absolute atomic E-state index is 9.31. The topological polar surface area (TPSA) is 32.6 Å². The van der Waals surface area contributed by atoms with Crippen molar-refractivity contribution >= 4 is 5.71 Å². The van der Waals surface area contributed by atoms with Crippen LogP contribution in [0.5, 0.6) is 0 Å². The summed E-state index contributed by atoms with van der Waals surface area (Å²) < 4.78 is 0. The van der Waals surface area contributed by atoms with Gasteiger partial charge in [0.05, 0.1) is 5.71 Å². The quantitative estimate of drug-likeness (QED) is 0.285. The molecule has 0 aliphatic heterocycles. The van der Waals surface area contributed by atoms with Crippen LogP contribution in [-0.2, 0) is 0 Å². The van der Waals surface area contributed by atoms with E-state index in [-0.39, 0.29) is 0 Å². The Kier molecular flexibility index (Phi) is 6.01. The van der Waals surface area contributed by atoms with Gasteiger partial charge in [-0.25, -0.2) is 0 Å². The predicted octanol–water partition coefficient (Wildman–Crippen LogP) is 7.88. The Morgan fingerprint density at radius 3 is 2.43 bits per heavy atom. The highest BCUT2D eigenvalue weighted by Crippen LogP contribution is 2.66. The molecule has 4 aliphatic carbocycles. The van der Waals surface area contributed by atoms with Gasteiger partial charge in [-0.1, -0.05) is 70.5 Å². The molecule has 0 bridgehead atoms. The highest BCUT2D eigenvalue weighted by atomic mass is 16.4. The van der Waals surface area contributed by atoms with Gasteiger partial charge < -0.3 is 5.21 Å². The number of rotatable bonds is 4. The van der Waals surface area contributed by atoms with Gasteiger partial charge in [-0.2, -0.15) is 0 Å². The van der Waals surface area contributed by atoms with E-state index in [2.05, 4.69) is 64.9 Å². The van der Waals surface area contributed by atoms with Gasteiger partial charge >= 0.3 is 0 Å². The Bertz CT molecular complexity index is 733. The molecule has 0 aromatic rings. The van der Waals surface area contributed by atoms with Gasteiger partial charge in [0.1, 0.15) is 0 Å². The normalized spacial score (nSPS) is 44.5. The maximum Gasteiger partial charge on any atom is 0.0574 e. The van der Waals surface area contributed by atoms with Crippen molar-refractivity contribution in [1.29, 1.82) is 0 Å². The first kappa shape index (κ1) is 22.2. The summed E-state index contributed by atoms with van der Waals surface area (Å²) in [5.74, 6) is 5.14. The fourth-order valence-corrected chi connectivity index (χ4v) is 8.02. The van der Waals surface area contributed by atoms with Gasteiger partial charge in [0.15, 0.2) is 0 Å². The molecule has 0 aromatic carbocycles. The van der Waals surface area contributed by atoms with Crippen LogP contribution in [0.15, 0.2) is 29.0 Å². The minimum atomic E-state index is 0.413. The van der Waals surface area contributed by atoms with Crippen LogP contribution in [0.2, 0.25) is 0 Å². The molecule has 2 heteroatoms. The minimum Gasteiger partial charge on any atom is -0.411 e. The van der Waals surface area contributed by atoms with Crippen LogP contribution in [-0.4, -0.2) is 10.9 Å². The number of nitrogens with zero attached hydrogens (tertiary/aromatic N) is 1. The van der Waals surface area contributed by atoms with Crippen molar-refractivity contribution in [2.24, 2.45) is 57.4 Å². The highest BCUT2D eigenvalue weighted by molar-refractivity contribution is 5.85. The summed E-state index contributed by atoms with van der Waals surface area (Å²) in [6.45, 7) is 14.7. The minimum absolute atomic E-state index is 0.413. The second-order valence-electron chi connectivity index (χ2n) is 12.2. The fourth-order valence-electron chi connectivity index (χ4n) is 8.02. The summed E-state index contributed by atoms with van der Waals surface area (Å²) >= 11 is 0. The third-order valence-corrected chi connectivity index (χ3v) is 10.5. The first-order valence-corrected chi connectivity index (χ1v) is 12.8. The lowest BCUT2D eigenvalue weighted by molar-refractivity contribution is 0.0102. The van der Waals surface area contributed by atoms with Crippen LogP contribution in [0.3, 0.4) is 0 Å². The van der Waals surface area contributed by atoms with Crippen LogP contribution in [0.1, 0.15) is 92.9 Å². The average Bonchev–Trinajstić information content (AvgIpc) is 3.08. The predicted molar refractivity (Wildman–Crippen MR) is 127 cm³/mol. The molecule has 1 unspecified atom stereocenters. The molecule has 1 N–H and O–H groups in total.